The predicted octanol–water partition coefficient (Wildman–Crippen LogP) is 3.80. The van der Waals surface area contributed by atoms with Crippen LogP contribution >= 0.6 is 23.2 Å². The van der Waals surface area contributed by atoms with Gasteiger partial charge in [-0.2, -0.15) is 13.0 Å². The van der Waals surface area contributed by atoms with Gasteiger partial charge in [-0.25, -0.2) is 8.42 Å². The lowest BCUT2D eigenvalue weighted by molar-refractivity contribution is -0.131. The largest absolute Gasteiger partial charge is 0.340 e. The Morgan fingerprint density at radius 2 is 1.79 bits per heavy atom. The van der Waals surface area contributed by atoms with E-state index in [1.54, 1.807) is 41.3 Å². The first kappa shape index (κ1) is 20.5. The van der Waals surface area contributed by atoms with Crippen LogP contribution in [0, 0.1) is 0 Å². The van der Waals surface area contributed by atoms with E-state index < -0.39 is 10.0 Å². The molecule has 2 aliphatic heterocycles. The molecule has 2 aliphatic rings. The van der Waals surface area contributed by atoms with Crippen LogP contribution in [0.15, 0.2) is 50.0 Å². The summed E-state index contributed by atoms with van der Waals surface area (Å²) >= 11 is 12.9. The topological polar surface area (TPSA) is 82.4 Å². The molecule has 0 radical (unpaired) electrons. The third-order valence-corrected chi connectivity index (χ3v) is 8.01. The van der Waals surface area contributed by atoms with E-state index in [2.05, 4.69) is 8.73 Å². The van der Waals surface area contributed by atoms with E-state index in [1.807, 2.05) is 0 Å². The fourth-order valence-electron chi connectivity index (χ4n) is 3.24. The van der Waals surface area contributed by atoms with Crippen molar-refractivity contribution < 1.29 is 13.2 Å². The van der Waals surface area contributed by atoms with Crippen LogP contribution in [0.5, 0.6) is 0 Å². The van der Waals surface area contributed by atoms with Crippen LogP contribution in [0.1, 0.15) is 5.56 Å². The third-order valence-electron chi connectivity index (χ3n) is 4.80. The Balaban J connectivity index is 1.43. The van der Waals surface area contributed by atoms with Gasteiger partial charge >= 0.3 is 0 Å². The number of halogens is 2. The van der Waals surface area contributed by atoms with Crippen molar-refractivity contribution in [3.8, 4) is 0 Å². The quantitative estimate of drug-likeness (QED) is 0.581. The number of hydrogen-bond donors (Lipinski definition) is 0. The van der Waals surface area contributed by atoms with Crippen molar-refractivity contribution in [1.29, 1.82) is 0 Å². The Labute approximate surface area is 182 Å². The molecule has 0 saturated carbocycles. The number of amides is 1. The lowest BCUT2D eigenvalue weighted by atomic mass is 10.1. The Kier molecular flexibility index (Phi) is 5.76. The van der Waals surface area contributed by atoms with Gasteiger partial charge in [0, 0.05) is 26.2 Å². The van der Waals surface area contributed by atoms with E-state index in [4.69, 9.17) is 23.2 Å². The summed E-state index contributed by atoms with van der Waals surface area (Å²) in [7, 11) is -3.71. The summed E-state index contributed by atoms with van der Waals surface area (Å²) in [6.45, 7) is 1.10. The average molecular weight is 471 g/mol. The van der Waals surface area contributed by atoms with Crippen LogP contribution in [0.25, 0.3) is 0 Å². The number of carbonyl (C=O) groups excluding carboxylic acids is 1. The molecule has 0 bridgehead atoms. The zero-order valence-corrected chi connectivity index (χ0v) is 18.2. The van der Waals surface area contributed by atoms with Gasteiger partial charge in [0.05, 0.1) is 27.8 Å². The molecule has 0 aliphatic carbocycles. The Morgan fingerprint density at radius 3 is 2.52 bits per heavy atom. The second-order valence-electron chi connectivity index (χ2n) is 6.60. The van der Waals surface area contributed by atoms with Crippen LogP contribution < -0.4 is 0 Å². The van der Waals surface area contributed by atoms with Crippen LogP contribution in [0.2, 0.25) is 10.0 Å². The molecule has 2 aromatic carbocycles. The lowest BCUT2D eigenvalue weighted by Crippen LogP contribution is -2.50. The summed E-state index contributed by atoms with van der Waals surface area (Å²) in [5.41, 5.74) is 1.71. The van der Waals surface area contributed by atoms with Gasteiger partial charge in [-0.1, -0.05) is 35.3 Å². The Hall–Kier alpha value is -1.78. The van der Waals surface area contributed by atoms with E-state index in [9.17, 15) is 13.2 Å². The highest BCUT2D eigenvalue weighted by molar-refractivity contribution is 7.89. The molecule has 152 valence electrons. The van der Waals surface area contributed by atoms with Gasteiger partial charge in [-0.3, -0.25) is 4.79 Å². The standard InChI is InChI=1S/C18H16Cl2N4O3S2/c19-13-5-4-12(10-14(13)20)11-17(25)23-6-8-24(9-7-23)29(26,27)16-3-1-2-15-18(16)22-28-21-15/h1-5,10H,6-9,11H2. The second-order valence-corrected chi connectivity index (χ2v) is 9.85. The van der Waals surface area contributed by atoms with E-state index in [-0.39, 0.29) is 30.3 Å². The number of benzene rings is 2. The summed E-state index contributed by atoms with van der Waals surface area (Å²) in [6, 6.07) is 10.0. The van der Waals surface area contributed by atoms with Gasteiger partial charge in [0.15, 0.2) is 0 Å². The number of rotatable bonds is 4. The first-order valence-electron chi connectivity index (χ1n) is 8.79. The summed E-state index contributed by atoms with van der Waals surface area (Å²) in [5.74, 6) is -0.0776. The van der Waals surface area contributed by atoms with E-state index in [1.165, 1.54) is 4.31 Å². The molecule has 1 saturated heterocycles. The number of carbonyl (C=O) groups is 1. The summed E-state index contributed by atoms with van der Waals surface area (Å²) in [4.78, 5) is 14.4. The van der Waals surface area contributed by atoms with E-state index >= 15 is 0 Å². The molecule has 4 rings (SSSR count). The molecule has 1 amide bonds. The van der Waals surface area contributed by atoms with Crippen molar-refractivity contribution in [3.63, 3.8) is 0 Å². The van der Waals surface area contributed by atoms with E-state index in [0.717, 1.165) is 16.9 Å². The number of hydrogen-bond acceptors (Lipinski definition) is 5. The maximum absolute atomic E-state index is 13.1. The zero-order valence-electron chi connectivity index (χ0n) is 15.1. The predicted molar refractivity (Wildman–Crippen MR) is 113 cm³/mol. The van der Waals surface area contributed by atoms with Crippen molar-refractivity contribution in [3.05, 3.63) is 52.0 Å². The Morgan fingerprint density at radius 1 is 1.03 bits per heavy atom. The number of nitrogens with zero attached hydrogens (tertiary/aromatic N) is 4. The van der Waals surface area contributed by atoms with Crippen molar-refractivity contribution in [2.24, 2.45) is 8.73 Å². The summed E-state index contributed by atoms with van der Waals surface area (Å²) in [5, 5.41) is 0.839. The molecule has 0 spiro atoms. The van der Waals surface area contributed by atoms with Crippen molar-refractivity contribution in [2.75, 3.05) is 26.2 Å². The maximum atomic E-state index is 13.1. The van der Waals surface area contributed by atoms with Crippen LogP contribution in [0.4, 0.5) is 11.4 Å². The Bertz CT molecular complexity index is 1160. The normalized spacial score (nSPS) is 16.6. The highest BCUT2D eigenvalue weighted by Crippen LogP contribution is 2.38. The van der Waals surface area contributed by atoms with Crippen molar-refractivity contribution in [2.45, 2.75) is 11.3 Å². The molecular formula is C18H16Cl2N4O3S2. The van der Waals surface area contributed by atoms with Crippen LogP contribution in [-0.2, 0) is 32.6 Å². The van der Waals surface area contributed by atoms with Gasteiger partial charge in [-0.15, -0.1) is 0 Å². The minimum absolute atomic E-state index is 0.0776. The highest BCUT2D eigenvalue weighted by Gasteiger charge is 2.32. The van der Waals surface area contributed by atoms with Crippen LogP contribution in [0.3, 0.4) is 0 Å². The fourth-order valence-corrected chi connectivity index (χ4v) is 5.74. The highest BCUT2D eigenvalue weighted by atomic mass is 35.5. The lowest BCUT2D eigenvalue weighted by Gasteiger charge is -2.34. The molecule has 0 aromatic heterocycles. The van der Waals surface area contributed by atoms with Gasteiger partial charge in [0.1, 0.15) is 16.3 Å². The van der Waals surface area contributed by atoms with Gasteiger partial charge in [-0.05, 0) is 29.8 Å². The maximum Gasteiger partial charge on any atom is 0.245 e. The van der Waals surface area contributed by atoms with Gasteiger partial charge < -0.3 is 4.90 Å². The second kappa shape index (κ2) is 8.16. The molecule has 29 heavy (non-hydrogen) atoms. The molecule has 2 aromatic rings. The minimum atomic E-state index is -3.71. The minimum Gasteiger partial charge on any atom is -0.340 e. The number of sulfonamides is 1. The van der Waals surface area contributed by atoms with Crippen LogP contribution in [-0.4, -0.2) is 49.7 Å². The number of fused-ring (bicyclic) bond motifs is 1. The molecule has 7 nitrogen and oxygen atoms in total. The third kappa shape index (κ3) is 4.10. The molecule has 0 atom stereocenters. The van der Waals surface area contributed by atoms with Gasteiger partial charge in [0.2, 0.25) is 15.9 Å². The molecule has 11 heteroatoms. The first-order valence-corrected chi connectivity index (χ1v) is 11.7. The van der Waals surface area contributed by atoms with E-state index in [0.29, 0.717) is 34.5 Å². The van der Waals surface area contributed by atoms with Gasteiger partial charge in [0.25, 0.3) is 0 Å². The zero-order chi connectivity index (χ0) is 20.6. The molecule has 1 fully saturated rings. The SMILES string of the molecule is O=C(Cc1ccc(Cl)c(Cl)c1)N1CCN(S(=O)(=O)c2cccc3c2N=S=N3)CC1. The average Bonchev–Trinajstić information content (AvgIpc) is 3.19. The molecular weight excluding hydrogens is 455 g/mol. The summed E-state index contributed by atoms with van der Waals surface area (Å²) in [6.07, 6.45) is 0.188. The van der Waals surface area contributed by atoms with Crippen molar-refractivity contribution in [1.82, 2.24) is 9.21 Å². The molecule has 2 heterocycles. The van der Waals surface area contributed by atoms with Crippen molar-refractivity contribution >= 4 is 61.9 Å². The molecule has 0 unspecified atom stereocenters. The monoisotopic (exact) mass is 470 g/mol. The summed E-state index contributed by atoms with van der Waals surface area (Å²) < 4.78 is 35.8. The first-order chi connectivity index (χ1) is 13.9. The fraction of sp³-hybridized carbons (Fsp3) is 0.278. The number of piperazine rings is 1. The smallest absolute Gasteiger partial charge is 0.245 e. The molecule has 0 N–H and O–H groups in total.